The van der Waals surface area contributed by atoms with Crippen LogP contribution in [0, 0.1) is 0 Å². The number of benzene rings is 1. The van der Waals surface area contributed by atoms with Crippen LogP contribution in [0.3, 0.4) is 0 Å². The normalized spacial score (nSPS) is 20.9. The SMILES string of the molecule is CCNC(=NCC1(C)CCCO1)NCCCN(C)Cc1ccccc1. The Bertz CT molecular complexity index is 512. The minimum Gasteiger partial charge on any atom is -0.373 e. The Hall–Kier alpha value is -1.59. The van der Waals surface area contributed by atoms with Crippen LogP contribution >= 0.6 is 0 Å². The third-order valence-corrected chi connectivity index (χ3v) is 4.52. The van der Waals surface area contributed by atoms with Crippen LogP contribution in [-0.2, 0) is 11.3 Å². The van der Waals surface area contributed by atoms with Gasteiger partial charge in [0.15, 0.2) is 5.96 Å². The monoisotopic (exact) mass is 346 g/mol. The summed E-state index contributed by atoms with van der Waals surface area (Å²) in [5.74, 6) is 0.893. The minimum absolute atomic E-state index is 0.0851. The summed E-state index contributed by atoms with van der Waals surface area (Å²) >= 11 is 0. The first-order valence-corrected chi connectivity index (χ1v) is 9.50. The number of aliphatic imine (C=N–C) groups is 1. The van der Waals surface area contributed by atoms with Gasteiger partial charge in [0, 0.05) is 26.2 Å². The first-order chi connectivity index (χ1) is 12.1. The summed E-state index contributed by atoms with van der Waals surface area (Å²) < 4.78 is 5.81. The molecule has 5 heteroatoms. The summed E-state index contributed by atoms with van der Waals surface area (Å²) in [5, 5.41) is 6.76. The van der Waals surface area contributed by atoms with Crippen molar-refractivity contribution in [3.8, 4) is 0 Å². The maximum atomic E-state index is 5.81. The fraction of sp³-hybridized carbons (Fsp3) is 0.650. The Labute approximate surface area is 152 Å². The Kier molecular flexibility index (Phi) is 8.22. The van der Waals surface area contributed by atoms with Gasteiger partial charge < -0.3 is 20.3 Å². The quantitative estimate of drug-likeness (QED) is 0.410. The largest absolute Gasteiger partial charge is 0.373 e. The number of guanidine groups is 1. The molecule has 1 fully saturated rings. The van der Waals surface area contributed by atoms with Crippen LogP contribution in [0.2, 0.25) is 0 Å². The third kappa shape index (κ3) is 7.45. The molecule has 1 aromatic carbocycles. The lowest BCUT2D eigenvalue weighted by Gasteiger charge is -2.22. The van der Waals surface area contributed by atoms with Crippen molar-refractivity contribution in [2.45, 2.75) is 45.3 Å². The van der Waals surface area contributed by atoms with Crippen LogP contribution in [-0.4, -0.2) is 56.3 Å². The van der Waals surface area contributed by atoms with Crippen LogP contribution in [0.5, 0.6) is 0 Å². The van der Waals surface area contributed by atoms with Crippen molar-refractivity contribution in [1.82, 2.24) is 15.5 Å². The fourth-order valence-corrected chi connectivity index (χ4v) is 3.08. The van der Waals surface area contributed by atoms with Crippen LogP contribution in [0.15, 0.2) is 35.3 Å². The maximum absolute atomic E-state index is 5.81. The van der Waals surface area contributed by atoms with E-state index in [1.165, 1.54) is 5.56 Å². The van der Waals surface area contributed by atoms with Gasteiger partial charge in [-0.2, -0.15) is 0 Å². The lowest BCUT2D eigenvalue weighted by molar-refractivity contribution is 0.0283. The average Bonchev–Trinajstić information content (AvgIpc) is 3.04. The van der Waals surface area contributed by atoms with Gasteiger partial charge in [-0.25, -0.2) is 0 Å². The van der Waals surface area contributed by atoms with E-state index in [1.54, 1.807) is 0 Å². The van der Waals surface area contributed by atoms with E-state index in [0.29, 0.717) is 0 Å². The first-order valence-electron chi connectivity index (χ1n) is 9.50. The molecule has 5 nitrogen and oxygen atoms in total. The molecule has 1 aliphatic heterocycles. The molecule has 0 bridgehead atoms. The summed E-state index contributed by atoms with van der Waals surface area (Å²) in [6.45, 7) is 9.68. The first kappa shape index (κ1) is 19.7. The van der Waals surface area contributed by atoms with Gasteiger partial charge in [-0.05, 0) is 52.3 Å². The Morgan fingerprint density at radius 2 is 2.08 bits per heavy atom. The zero-order valence-corrected chi connectivity index (χ0v) is 16.1. The van der Waals surface area contributed by atoms with Crippen molar-refractivity contribution >= 4 is 5.96 Å². The van der Waals surface area contributed by atoms with Crippen molar-refractivity contribution in [2.24, 2.45) is 4.99 Å². The predicted octanol–water partition coefficient (Wildman–Crippen LogP) is 2.63. The van der Waals surface area contributed by atoms with Gasteiger partial charge in [0.1, 0.15) is 0 Å². The summed E-state index contributed by atoms with van der Waals surface area (Å²) in [5.41, 5.74) is 1.27. The highest BCUT2D eigenvalue weighted by Crippen LogP contribution is 2.24. The molecule has 1 atom stereocenters. The molecule has 0 radical (unpaired) electrons. The molecular formula is C20H34N4O. The number of nitrogens with zero attached hydrogens (tertiary/aromatic N) is 2. The van der Waals surface area contributed by atoms with Crippen LogP contribution < -0.4 is 10.6 Å². The predicted molar refractivity (Wildman–Crippen MR) is 105 cm³/mol. The molecule has 1 unspecified atom stereocenters. The van der Waals surface area contributed by atoms with E-state index in [-0.39, 0.29) is 5.60 Å². The number of ether oxygens (including phenoxy) is 1. The molecule has 25 heavy (non-hydrogen) atoms. The van der Waals surface area contributed by atoms with Crippen LogP contribution in [0.1, 0.15) is 38.7 Å². The molecule has 2 rings (SSSR count). The topological polar surface area (TPSA) is 48.9 Å². The summed E-state index contributed by atoms with van der Waals surface area (Å²) in [7, 11) is 2.17. The second-order valence-corrected chi connectivity index (χ2v) is 7.10. The van der Waals surface area contributed by atoms with Crippen molar-refractivity contribution in [3.63, 3.8) is 0 Å². The van der Waals surface area contributed by atoms with E-state index in [0.717, 1.165) is 64.6 Å². The summed E-state index contributed by atoms with van der Waals surface area (Å²) in [4.78, 5) is 7.06. The van der Waals surface area contributed by atoms with Crippen molar-refractivity contribution in [2.75, 3.05) is 39.8 Å². The van der Waals surface area contributed by atoms with Gasteiger partial charge in [-0.3, -0.25) is 4.99 Å². The smallest absolute Gasteiger partial charge is 0.191 e. The molecule has 0 aliphatic carbocycles. The molecule has 0 saturated carbocycles. The second-order valence-electron chi connectivity index (χ2n) is 7.10. The average molecular weight is 347 g/mol. The van der Waals surface area contributed by atoms with Gasteiger partial charge in [0.05, 0.1) is 12.1 Å². The molecule has 1 aromatic rings. The van der Waals surface area contributed by atoms with Crippen LogP contribution in [0.25, 0.3) is 0 Å². The van der Waals surface area contributed by atoms with Crippen molar-refractivity contribution in [1.29, 1.82) is 0 Å². The Balaban J connectivity index is 1.68. The molecule has 1 aliphatic rings. The molecule has 2 N–H and O–H groups in total. The summed E-state index contributed by atoms with van der Waals surface area (Å²) in [6.07, 6.45) is 3.32. The lowest BCUT2D eigenvalue weighted by atomic mass is 10.0. The van der Waals surface area contributed by atoms with Gasteiger partial charge in [0.2, 0.25) is 0 Å². The van der Waals surface area contributed by atoms with E-state index in [9.17, 15) is 0 Å². The molecule has 0 amide bonds. The summed E-state index contributed by atoms with van der Waals surface area (Å²) in [6, 6.07) is 10.6. The standard InChI is InChI=1S/C20H34N4O/c1-4-21-19(23-17-20(2)12-8-15-25-20)22-13-9-14-24(3)16-18-10-6-5-7-11-18/h5-7,10-11H,4,8-9,12-17H2,1-3H3,(H2,21,22,23). The van der Waals surface area contributed by atoms with Gasteiger partial charge in [0.25, 0.3) is 0 Å². The van der Waals surface area contributed by atoms with Crippen molar-refractivity contribution < 1.29 is 4.74 Å². The van der Waals surface area contributed by atoms with E-state index >= 15 is 0 Å². The minimum atomic E-state index is -0.0851. The third-order valence-electron chi connectivity index (χ3n) is 4.52. The zero-order chi connectivity index (χ0) is 18.0. The van der Waals surface area contributed by atoms with E-state index in [2.05, 4.69) is 66.8 Å². The van der Waals surface area contributed by atoms with Gasteiger partial charge in [-0.15, -0.1) is 0 Å². The highest BCUT2D eigenvalue weighted by atomic mass is 16.5. The molecular weight excluding hydrogens is 312 g/mol. The highest BCUT2D eigenvalue weighted by Gasteiger charge is 2.29. The number of nitrogens with one attached hydrogen (secondary N) is 2. The van der Waals surface area contributed by atoms with Gasteiger partial charge >= 0.3 is 0 Å². The molecule has 0 spiro atoms. The number of hydrogen-bond donors (Lipinski definition) is 2. The maximum Gasteiger partial charge on any atom is 0.191 e. The highest BCUT2D eigenvalue weighted by molar-refractivity contribution is 5.79. The van der Waals surface area contributed by atoms with E-state index < -0.39 is 0 Å². The molecule has 1 saturated heterocycles. The van der Waals surface area contributed by atoms with Crippen molar-refractivity contribution in [3.05, 3.63) is 35.9 Å². The Morgan fingerprint density at radius 3 is 2.76 bits per heavy atom. The molecule has 140 valence electrons. The Morgan fingerprint density at radius 1 is 1.28 bits per heavy atom. The fourth-order valence-electron chi connectivity index (χ4n) is 3.08. The van der Waals surface area contributed by atoms with Gasteiger partial charge in [-0.1, -0.05) is 30.3 Å². The number of hydrogen-bond acceptors (Lipinski definition) is 3. The van der Waals surface area contributed by atoms with E-state index in [1.807, 2.05) is 0 Å². The lowest BCUT2D eigenvalue weighted by Crippen LogP contribution is -2.40. The second kappa shape index (κ2) is 10.4. The zero-order valence-electron chi connectivity index (χ0n) is 16.1. The number of rotatable bonds is 9. The van der Waals surface area contributed by atoms with E-state index in [4.69, 9.17) is 9.73 Å². The molecule has 1 heterocycles. The molecule has 0 aromatic heterocycles. The van der Waals surface area contributed by atoms with Crippen LogP contribution in [0.4, 0.5) is 0 Å².